The van der Waals surface area contributed by atoms with E-state index in [1.807, 2.05) is 12.1 Å². The lowest BCUT2D eigenvalue weighted by molar-refractivity contribution is -0.139. The summed E-state index contributed by atoms with van der Waals surface area (Å²) >= 11 is 0. The first-order chi connectivity index (χ1) is 10.5. The van der Waals surface area contributed by atoms with Crippen molar-refractivity contribution in [1.29, 1.82) is 0 Å². The van der Waals surface area contributed by atoms with Crippen LogP contribution in [0.4, 0.5) is 0 Å². The summed E-state index contributed by atoms with van der Waals surface area (Å²) in [5.74, 6) is 0.867. The number of hydrogen-bond acceptors (Lipinski definition) is 4. The molecule has 0 saturated carbocycles. The number of carboxylic acids is 1. The fourth-order valence-electron chi connectivity index (χ4n) is 3.30. The second-order valence-corrected chi connectivity index (χ2v) is 6.04. The molecule has 1 aliphatic rings. The number of hydrogen-bond donors (Lipinski definition) is 2. The first-order valence-electron chi connectivity index (χ1n) is 7.83. The maximum Gasteiger partial charge on any atom is 0.303 e. The number of likely N-dealkylation sites (tertiary alicyclic amines) is 1. The predicted molar refractivity (Wildman–Crippen MR) is 84.1 cm³/mol. The number of phenolic OH excluding ortho intramolecular Hbond substituents is 1. The molecule has 1 saturated heterocycles. The molecular weight excluding hydrogens is 282 g/mol. The lowest BCUT2D eigenvalue weighted by Gasteiger charge is -2.38. The molecule has 0 aromatic heterocycles. The Labute approximate surface area is 131 Å². The van der Waals surface area contributed by atoms with E-state index in [4.69, 9.17) is 9.84 Å². The standard InChI is InChI=1S/C17H25NO4/c1-3-12-10-18(7-6-13(12)8-17(20)21)11-14-4-5-15(22-2)9-16(14)19/h4-5,9,12-13,19H,3,6-8,10-11H2,1-2H3,(H,20,21)/t12-,13+/m1/s1. The monoisotopic (exact) mass is 307 g/mol. The van der Waals surface area contributed by atoms with Crippen LogP contribution >= 0.6 is 0 Å². The van der Waals surface area contributed by atoms with Crippen molar-refractivity contribution < 1.29 is 19.7 Å². The maximum atomic E-state index is 10.9. The van der Waals surface area contributed by atoms with Crippen LogP contribution in [0, 0.1) is 11.8 Å². The molecule has 122 valence electrons. The molecule has 1 aromatic rings. The number of ether oxygens (including phenoxy) is 1. The van der Waals surface area contributed by atoms with E-state index in [0.717, 1.165) is 31.5 Å². The van der Waals surface area contributed by atoms with Gasteiger partial charge in [-0.3, -0.25) is 9.69 Å². The zero-order valence-corrected chi connectivity index (χ0v) is 13.3. The van der Waals surface area contributed by atoms with Crippen LogP contribution in [0.25, 0.3) is 0 Å². The highest BCUT2D eigenvalue weighted by Crippen LogP contribution is 2.31. The Bertz CT molecular complexity index is 517. The van der Waals surface area contributed by atoms with Crippen LogP contribution in [-0.4, -0.2) is 41.3 Å². The van der Waals surface area contributed by atoms with E-state index in [1.54, 1.807) is 13.2 Å². The van der Waals surface area contributed by atoms with E-state index in [0.29, 0.717) is 18.2 Å². The van der Waals surface area contributed by atoms with Gasteiger partial charge in [0.1, 0.15) is 11.5 Å². The normalized spacial score (nSPS) is 22.5. The third kappa shape index (κ3) is 4.13. The highest BCUT2D eigenvalue weighted by molar-refractivity contribution is 5.67. The minimum absolute atomic E-state index is 0.250. The Morgan fingerprint density at radius 1 is 1.41 bits per heavy atom. The van der Waals surface area contributed by atoms with Gasteiger partial charge in [-0.15, -0.1) is 0 Å². The van der Waals surface area contributed by atoms with Gasteiger partial charge in [0.2, 0.25) is 0 Å². The molecule has 2 rings (SSSR count). The van der Waals surface area contributed by atoms with Crippen molar-refractivity contribution >= 4 is 5.97 Å². The molecule has 1 aliphatic heterocycles. The van der Waals surface area contributed by atoms with E-state index in [2.05, 4.69) is 11.8 Å². The molecule has 1 aromatic carbocycles. The van der Waals surface area contributed by atoms with E-state index in [9.17, 15) is 9.90 Å². The highest BCUT2D eigenvalue weighted by Gasteiger charge is 2.29. The molecule has 22 heavy (non-hydrogen) atoms. The van der Waals surface area contributed by atoms with Crippen molar-refractivity contribution in [2.75, 3.05) is 20.2 Å². The van der Waals surface area contributed by atoms with Gasteiger partial charge in [0, 0.05) is 31.1 Å². The van der Waals surface area contributed by atoms with Crippen LogP contribution in [-0.2, 0) is 11.3 Å². The van der Waals surface area contributed by atoms with E-state index >= 15 is 0 Å². The molecule has 0 unspecified atom stereocenters. The van der Waals surface area contributed by atoms with Crippen molar-refractivity contribution in [3.63, 3.8) is 0 Å². The highest BCUT2D eigenvalue weighted by atomic mass is 16.5. The summed E-state index contributed by atoms with van der Waals surface area (Å²) in [4.78, 5) is 13.2. The number of piperidine rings is 1. The molecular formula is C17H25NO4. The summed E-state index contributed by atoms with van der Waals surface area (Å²) in [5.41, 5.74) is 0.882. The van der Waals surface area contributed by atoms with Crippen LogP contribution in [0.1, 0.15) is 31.7 Å². The number of nitrogens with zero attached hydrogens (tertiary/aromatic N) is 1. The lowest BCUT2D eigenvalue weighted by atomic mass is 9.81. The summed E-state index contributed by atoms with van der Waals surface area (Å²) in [6.45, 7) is 4.57. The average Bonchev–Trinajstić information content (AvgIpc) is 2.50. The van der Waals surface area contributed by atoms with Crippen molar-refractivity contribution in [1.82, 2.24) is 4.90 Å². The minimum atomic E-state index is -0.704. The van der Waals surface area contributed by atoms with Crippen molar-refractivity contribution in [2.45, 2.75) is 32.7 Å². The maximum absolute atomic E-state index is 10.9. The molecule has 0 spiro atoms. The third-order valence-electron chi connectivity index (χ3n) is 4.62. The molecule has 1 fully saturated rings. The largest absolute Gasteiger partial charge is 0.507 e. The number of benzene rings is 1. The van der Waals surface area contributed by atoms with Gasteiger partial charge in [-0.25, -0.2) is 0 Å². The third-order valence-corrected chi connectivity index (χ3v) is 4.62. The van der Waals surface area contributed by atoms with Crippen LogP contribution in [0.3, 0.4) is 0 Å². The Morgan fingerprint density at radius 3 is 2.77 bits per heavy atom. The Hall–Kier alpha value is -1.75. The number of phenols is 1. The number of aromatic hydroxyl groups is 1. The van der Waals surface area contributed by atoms with Crippen molar-refractivity contribution in [2.24, 2.45) is 11.8 Å². The van der Waals surface area contributed by atoms with Crippen molar-refractivity contribution in [3.05, 3.63) is 23.8 Å². The zero-order chi connectivity index (χ0) is 16.1. The van der Waals surface area contributed by atoms with E-state index in [1.165, 1.54) is 0 Å². The van der Waals surface area contributed by atoms with Gasteiger partial charge < -0.3 is 14.9 Å². The first-order valence-corrected chi connectivity index (χ1v) is 7.83. The molecule has 5 heteroatoms. The van der Waals surface area contributed by atoms with Gasteiger partial charge in [-0.05, 0) is 30.9 Å². The van der Waals surface area contributed by atoms with E-state index in [-0.39, 0.29) is 18.1 Å². The molecule has 2 N–H and O–H groups in total. The smallest absolute Gasteiger partial charge is 0.303 e. The molecule has 5 nitrogen and oxygen atoms in total. The first kappa shape index (κ1) is 16.6. The lowest BCUT2D eigenvalue weighted by Crippen LogP contribution is -2.40. The number of methoxy groups -OCH3 is 1. The Morgan fingerprint density at radius 2 is 2.18 bits per heavy atom. The molecule has 0 amide bonds. The summed E-state index contributed by atoms with van der Waals surface area (Å²) in [6.07, 6.45) is 2.16. The molecule has 2 atom stereocenters. The van der Waals surface area contributed by atoms with Gasteiger partial charge in [0.05, 0.1) is 7.11 Å². The summed E-state index contributed by atoms with van der Waals surface area (Å²) in [6, 6.07) is 5.37. The van der Waals surface area contributed by atoms with Gasteiger partial charge in [0.15, 0.2) is 0 Å². The topological polar surface area (TPSA) is 70.0 Å². The van der Waals surface area contributed by atoms with Crippen LogP contribution in [0.2, 0.25) is 0 Å². The zero-order valence-electron chi connectivity index (χ0n) is 13.3. The summed E-state index contributed by atoms with van der Waals surface area (Å²) in [5, 5.41) is 19.1. The van der Waals surface area contributed by atoms with Crippen LogP contribution < -0.4 is 4.74 Å². The predicted octanol–water partition coefficient (Wildman–Crippen LogP) is 2.72. The number of rotatable bonds is 6. The van der Waals surface area contributed by atoms with Gasteiger partial charge in [-0.1, -0.05) is 19.4 Å². The SMILES string of the molecule is CC[C@@H]1CN(Cc2ccc(OC)cc2O)CC[C@H]1CC(=O)O. The minimum Gasteiger partial charge on any atom is -0.507 e. The summed E-state index contributed by atoms with van der Waals surface area (Å²) in [7, 11) is 1.58. The van der Waals surface area contributed by atoms with E-state index < -0.39 is 5.97 Å². The Balaban J connectivity index is 1.98. The van der Waals surface area contributed by atoms with Crippen molar-refractivity contribution in [3.8, 4) is 11.5 Å². The molecule has 0 aliphatic carbocycles. The number of carbonyl (C=O) groups is 1. The average molecular weight is 307 g/mol. The second kappa shape index (κ2) is 7.49. The van der Waals surface area contributed by atoms with Gasteiger partial charge in [0.25, 0.3) is 0 Å². The fraction of sp³-hybridized carbons (Fsp3) is 0.588. The molecule has 1 heterocycles. The molecule has 0 bridgehead atoms. The molecule has 0 radical (unpaired) electrons. The fourth-order valence-corrected chi connectivity index (χ4v) is 3.30. The Kier molecular flexibility index (Phi) is 5.66. The van der Waals surface area contributed by atoms with Gasteiger partial charge >= 0.3 is 5.97 Å². The number of carboxylic acid groups (broad SMARTS) is 1. The number of aliphatic carboxylic acids is 1. The van der Waals surface area contributed by atoms with Crippen LogP contribution in [0.15, 0.2) is 18.2 Å². The summed E-state index contributed by atoms with van der Waals surface area (Å²) < 4.78 is 5.10. The quantitative estimate of drug-likeness (QED) is 0.845. The second-order valence-electron chi connectivity index (χ2n) is 6.04. The van der Waals surface area contributed by atoms with Crippen LogP contribution in [0.5, 0.6) is 11.5 Å². The van der Waals surface area contributed by atoms with Gasteiger partial charge in [-0.2, -0.15) is 0 Å².